The van der Waals surface area contributed by atoms with E-state index in [1.807, 2.05) is 36.5 Å². The second kappa shape index (κ2) is 6.86. The van der Waals surface area contributed by atoms with Crippen LogP contribution in [0.4, 0.5) is 5.69 Å². The van der Waals surface area contributed by atoms with Crippen molar-refractivity contribution < 1.29 is 4.79 Å². The summed E-state index contributed by atoms with van der Waals surface area (Å²) < 4.78 is 1.76. The topological polar surface area (TPSA) is 72.9 Å². The minimum Gasteiger partial charge on any atom is -0.325 e. The first-order valence-corrected chi connectivity index (χ1v) is 6.87. The van der Waals surface area contributed by atoms with E-state index in [2.05, 4.69) is 17.3 Å². The normalized spacial score (nSPS) is 12.1. The van der Waals surface area contributed by atoms with Gasteiger partial charge in [0.15, 0.2) is 0 Å². The minimum absolute atomic E-state index is 0.134. The third-order valence-electron chi connectivity index (χ3n) is 3.11. The molecule has 106 valence electrons. The van der Waals surface area contributed by atoms with E-state index in [-0.39, 0.29) is 5.91 Å². The molecule has 5 heteroatoms. The van der Waals surface area contributed by atoms with Gasteiger partial charge in [-0.25, -0.2) is 4.68 Å². The van der Waals surface area contributed by atoms with E-state index in [1.54, 1.807) is 10.9 Å². The molecule has 5 nitrogen and oxygen atoms in total. The van der Waals surface area contributed by atoms with Gasteiger partial charge in [-0.3, -0.25) is 4.79 Å². The summed E-state index contributed by atoms with van der Waals surface area (Å²) in [5.74, 6) is -0.134. The van der Waals surface area contributed by atoms with Crippen LogP contribution in [0.1, 0.15) is 26.2 Å². The first-order valence-electron chi connectivity index (χ1n) is 6.87. The summed E-state index contributed by atoms with van der Waals surface area (Å²) in [6.45, 7) is 2.08. The smallest absolute Gasteiger partial charge is 0.241 e. The zero-order chi connectivity index (χ0) is 14.4. The monoisotopic (exact) mass is 272 g/mol. The highest BCUT2D eigenvalue weighted by molar-refractivity contribution is 5.94. The summed E-state index contributed by atoms with van der Waals surface area (Å²) >= 11 is 0. The number of carbonyl (C=O) groups excluding carboxylic acids is 1. The van der Waals surface area contributed by atoms with Crippen LogP contribution >= 0.6 is 0 Å². The maximum absolute atomic E-state index is 11.9. The molecule has 1 aromatic heterocycles. The highest BCUT2D eigenvalue weighted by Crippen LogP contribution is 2.13. The molecule has 2 aromatic rings. The Labute approximate surface area is 118 Å². The molecule has 0 aliphatic carbocycles. The molecule has 0 aliphatic rings. The van der Waals surface area contributed by atoms with E-state index < -0.39 is 6.04 Å². The molecule has 0 aliphatic heterocycles. The Hall–Kier alpha value is -2.14. The molecule has 2 rings (SSSR count). The molecule has 1 heterocycles. The number of aromatic nitrogens is 2. The number of hydrogen-bond donors (Lipinski definition) is 2. The zero-order valence-corrected chi connectivity index (χ0v) is 11.6. The second-order valence-corrected chi connectivity index (χ2v) is 4.74. The second-order valence-electron chi connectivity index (χ2n) is 4.74. The fourth-order valence-electron chi connectivity index (χ4n) is 1.91. The van der Waals surface area contributed by atoms with Gasteiger partial charge in [0.05, 0.1) is 11.7 Å². The van der Waals surface area contributed by atoms with Gasteiger partial charge in [-0.2, -0.15) is 5.10 Å². The molecule has 1 unspecified atom stereocenters. The predicted molar refractivity (Wildman–Crippen MR) is 79.7 cm³/mol. The van der Waals surface area contributed by atoms with Crippen molar-refractivity contribution >= 4 is 11.6 Å². The van der Waals surface area contributed by atoms with Gasteiger partial charge in [-0.15, -0.1) is 0 Å². The molecule has 1 aromatic carbocycles. The maximum atomic E-state index is 11.9. The number of carbonyl (C=O) groups is 1. The van der Waals surface area contributed by atoms with Crippen molar-refractivity contribution in [3.8, 4) is 5.69 Å². The molecule has 1 amide bonds. The van der Waals surface area contributed by atoms with Gasteiger partial charge in [0.2, 0.25) is 5.91 Å². The molecule has 1 atom stereocenters. The first-order chi connectivity index (χ1) is 9.70. The molecular formula is C15H20N4O. The Morgan fingerprint density at radius 3 is 2.75 bits per heavy atom. The molecule has 0 spiro atoms. The van der Waals surface area contributed by atoms with Crippen LogP contribution in [-0.4, -0.2) is 21.7 Å². The zero-order valence-electron chi connectivity index (χ0n) is 11.6. The van der Waals surface area contributed by atoms with Crippen LogP contribution in [0.2, 0.25) is 0 Å². The van der Waals surface area contributed by atoms with Crippen LogP contribution in [0, 0.1) is 0 Å². The van der Waals surface area contributed by atoms with E-state index in [9.17, 15) is 4.79 Å². The van der Waals surface area contributed by atoms with Crippen LogP contribution in [-0.2, 0) is 4.79 Å². The minimum atomic E-state index is -0.444. The molecule has 0 radical (unpaired) electrons. The molecule has 0 saturated carbocycles. The number of anilines is 1. The molecule has 0 fully saturated rings. The maximum Gasteiger partial charge on any atom is 0.241 e. The van der Waals surface area contributed by atoms with Gasteiger partial charge < -0.3 is 11.1 Å². The number of nitrogens with one attached hydrogen (secondary N) is 1. The Bertz CT molecular complexity index is 534. The number of unbranched alkanes of at least 4 members (excludes halogenated alkanes) is 1. The van der Waals surface area contributed by atoms with E-state index in [0.29, 0.717) is 6.42 Å². The van der Waals surface area contributed by atoms with E-state index >= 15 is 0 Å². The van der Waals surface area contributed by atoms with E-state index in [0.717, 1.165) is 24.2 Å². The number of benzene rings is 1. The lowest BCUT2D eigenvalue weighted by molar-refractivity contribution is -0.117. The summed E-state index contributed by atoms with van der Waals surface area (Å²) in [6.07, 6.45) is 6.32. The third-order valence-corrected chi connectivity index (χ3v) is 3.11. The number of nitrogens with two attached hydrogens (primary N) is 1. The number of rotatable bonds is 6. The summed E-state index contributed by atoms with van der Waals surface area (Å²) in [6, 6.07) is 8.92. The van der Waals surface area contributed by atoms with Crippen molar-refractivity contribution in [3.05, 3.63) is 42.7 Å². The number of nitrogens with zero attached hydrogens (tertiary/aromatic N) is 2. The fraction of sp³-hybridized carbons (Fsp3) is 0.333. The number of amides is 1. The van der Waals surface area contributed by atoms with Crippen LogP contribution in [0.25, 0.3) is 5.69 Å². The van der Waals surface area contributed by atoms with Crippen LogP contribution in [0.5, 0.6) is 0 Å². The van der Waals surface area contributed by atoms with Gasteiger partial charge in [-0.1, -0.05) is 19.8 Å². The molecule has 0 saturated heterocycles. The molecular weight excluding hydrogens is 252 g/mol. The standard InChI is InChI=1S/C15H20N4O/c1-2-3-5-14(16)15(20)18-12-6-8-13(9-7-12)19-11-4-10-17-19/h4,6-11,14H,2-3,5,16H2,1H3,(H,18,20). The van der Waals surface area contributed by atoms with Crippen molar-refractivity contribution in [2.24, 2.45) is 5.73 Å². The fourth-order valence-corrected chi connectivity index (χ4v) is 1.91. The van der Waals surface area contributed by atoms with Crippen molar-refractivity contribution in [3.63, 3.8) is 0 Å². The average molecular weight is 272 g/mol. The first kappa shape index (κ1) is 14.3. The van der Waals surface area contributed by atoms with Gasteiger partial charge in [0, 0.05) is 18.1 Å². The van der Waals surface area contributed by atoms with E-state index in [1.165, 1.54) is 0 Å². The Balaban J connectivity index is 1.95. The predicted octanol–water partition coefficient (Wildman–Crippen LogP) is 2.33. The number of hydrogen-bond acceptors (Lipinski definition) is 3. The lowest BCUT2D eigenvalue weighted by atomic mass is 10.1. The summed E-state index contributed by atoms with van der Waals surface area (Å²) in [4.78, 5) is 11.9. The van der Waals surface area contributed by atoms with Crippen LogP contribution in [0.15, 0.2) is 42.7 Å². The quantitative estimate of drug-likeness (QED) is 0.847. The third kappa shape index (κ3) is 3.68. The van der Waals surface area contributed by atoms with Crippen LogP contribution in [0.3, 0.4) is 0 Å². The largest absolute Gasteiger partial charge is 0.325 e. The Morgan fingerprint density at radius 2 is 2.15 bits per heavy atom. The van der Waals surface area contributed by atoms with Crippen molar-refractivity contribution in [1.29, 1.82) is 0 Å². The van der Waals surface area contributed by atoms with Crippen LogP contribution < -0.4 is 11.1 Å². The van der Waals surface area contributed by atoms with Crippen molar-refractivity contribution in [2.75, 3.05) is 5.32 Å². The average Bonchev–Trinajstić information content (AvgIpc) is 2.99. The Morgan fingerprint density at radius 1 is 1.40 bits per heavy atom. The lowest BCUT2D eigenvalue weighted by Gasteiger charge is -2.12. The van der Waals surface area contributed by atoms with Crippen molar-refractivity contribution in [2.45, 2.75) is 32.2 Å². The van der Waals surface area contributed by atoms with Gasteiger partial charge >= 0.3 is 0 Å². The van der Waals surface area contributed by atoms with Gasteiger partial charge in [-0.05, 0) is 36.8 Å². The highest BCUT2D eigenvalue weighted by atomic mass is 16.2. The lowest BCUT2D eigenvalue weighted by Crippen LogP contribution is -2.35. The highest BCUT2D eigenvalue weighted by Gasteiger charge is 2.12. The summed E-state index contributed by atoms with van der Waals surface area (Å²) in [7, 11) is 0. The molecule has 20 heavy (non-hydrogen) atoms. The molecule has 3 N–H and O–H groups in total. The Kier molecular flexibility index (Phi) is 4.90. The SMILES string of the molecule is CCCCC(N)C(=O)Nc1ccc(-n2cccn2)cc1. The summed E-state index contributed by atoms with van der Waals surface area (Å²) in [5.41, 5.74) is 7.53. The van der Waals surface area contributed by atoms with Crippen molar-refractivity contribution in [1.82, 2.24) is 9.78 Å². The van der Waals surface area contributed by atoms with E-state index in [4.69, 9.17) is 5.73 Å². The molecule has 0 bridgehead atoms. The summed E-state index contributed by atoms with van der Waals surface area (Å²) in [5, 5.41) is 6.98. The van der Waals surface area contributed by atoms with Gasteiger partial charge in [0.25, 0.3) is 0 Å². The van der Waals surface area contributed by atoms with Gasteiger partial charge in [0.1, 0.15) is 0 Å².